The Morgan fingerprint density at radius 2 is 2.26 bits per heavy atom. The Balaban J connectivity index is 2.90. The topological polar surface area (TPSA) is 98.1 Å². The third kappa shape index (κ3) is 3.61. The van der Waals surface area contributed by atoms with Crippen LogP contribution in [-0.4, -0.2) is 29.7 Å². The number of carboxylic acid groups (broad SMARTS) is 1. The minimum Gasteiger partial charge on any atom is -0.480 e. The molecule has 0 aromatic rings. The first-order chi connectivity index (χ1) is 8.94. The van der Waals surface area contributed by atoms with Gasteiger partial charge in [-0.15, -0.1) is 0 Å². The lowest BCUT2D eigenvalue weighted by molar-refractivity contribution is -0.151. The Morgan fingerprint density at radius 3 is 2.79 bits per heavy atom. The Morgan fingerprint density at radius 1 is 1.58 bits per heavy atom. The van der Waals surface area contributed by atoms with E-state index in [-0.39, 0.29) is 12.5 Å². The fourth-order valence-corrected chi connectivity index (χ4v) is 3.31. The quantitative estimate of drug-likeness (QED) is 0.335. The summed E-state index contributed by atoms with van der Waals surface area (Å²) in [6.07, 6.45) is 2.65. The van der Waals surface area contributed by atoms with Crippen LogP contribution in [0.1, 0.15) is 40.0 Å². The van der Waals surface area contributed by atoms with Crippen LogP contribution in [0.15, 0.2) is 5.11 Å². The zero-order valence-corrected chi connectivity index (χ0v) is 12.0. The second-order valence-electron chi connectivity index (χ2n) is 5.89. The molecule has 0 aliphatic heterocycles. The summed E-state index contributed by atoms with van der Waals surface area (Å²) in [6.45, 7) is 6.95. The molecule has 3 unspecified atom stereocenters. The zero-order valence-electron chi connectivity index (χ0n) is 12.0. The first kappa shape index (κ1) is 15.8. The number of aliphatic carboxylic acids is 1. The summed E-state index contributed by atoms with van der Waals surface area (Å²) < 4.78 is 0. The molecule has 6 heteroatoms. The van der Waals surface area contributed by atoms with Crippen molar-refractivity contribution in [2.24, 2.45) is 22.9 Å². The van der Waals surface area contributed by atoms with E-state index < -0.39 is 11.5 Å². The molecule has 1 rings (SSSR count). The van der Waals surface area contributed by atoms with E-state index in [0.717, 1.165) is 12.8 Å². The molecule has 6 nitrogen and oxygen atoms in total. The number of nitrogens with one attached hydrogen (secondary N) is 1. The van der Waals surface area contributed by atoms with E-state index >= 15 is 0 Å². The van der Waals surface area contributed by atoms with Gasteiger partial charge in [0, 0.05) is 18.0 Å². The lowest BCUT2D eigenvalue weighted by Crippen LogP contribution is -2.61. The molecule has 19 heavy (non-hydrogen) atoms. The van der Waals surface area contributed by atoms with Crippen LogP contribution in [0, 0.1) is 17.8 Å². The maximum atomic E-state index is 11.8. The minimum absolute atomic E-state index is 0.118. The molecule has 0 saturated heterocycles. The van der Waals surface area contributed by atoms with Gasteiger partial charge in [0.15, 0.2) is 0 Å². The van der Waals surface area contributed by atoms with E-state index in [1.54, 1.807) is 0 Å². The monoisotopic (exact) mass is 268 g/mol. The maximum absolute atomic E-state index is 11.8. The largest absolute Gasteiger partial charge is 0.480 e. The molecule has 0 bridgehead atoms. The third-order valence-corrected chi connectivity index (χ3v) is 4.18. The van der Waals surface area contributed by atoms with Crippen LogP contribution in [-0.2, 0) is 4.79 Å². The number of carboxylic acids is 1. The Bertz CT molecular complexity index is 366. The average Bonchev–Trinajstić information content (AvgIpc) is 2.34. The van der Waals surface area contributed by atoms with Crippen LogP contribution in [0.2, 0.25) is 0 Å². The van der Waals surface area contributed by atoms with Crippen LogP contribution in [0.3, 0.4) is 0 Å². The van der Waals surface area contributed by atoms with Gasteiger partial charge < -0.3 is 10.4 Å². The SMILES string of the molecule is CC1CCC(C(C)C)C(NCCN=[N+]=[N-])(C(=O)O)C1. The molecule has 0 radical (unpaired) electrons. The smallest absolute Gasteiger partial charge is 0.324 e. The summed E-state index contributed by atoms with van der Waals surface area (Å²) in [5.41, 5.74) is 7.39. The summed E-state index contributed by atoms with van der Waals surface area (Å²) in [6, 6.07) is 0. The molecule has 2 N–H and O–H groups in total. The molecule has 1 aliphatic carbocycles. The highest BCUT2D eigenvalue weighted by molar-refractivity contribution is 5.79. The van der Waals surface area contributed by atoms with Crippen molar-refractivity contribution in [1.82, 2.24) is 5.32 Å². The van der Waals surface area contributed by atoms with Crippen LogP contribution in [0.4, 0.5) is 0 Å². The van der Waals surface area contributed by atoms with Gasteiger partial charge in [-0.25, -0.2) is 0 Å². The highest BCUT2D eigenvalue weighted by Gasteiger charge is 2.49. The van der Waals surface area contributed by atoms with Gasteiger partial charge in [-0.2, -0.15) is 0 Å². The molecule has 0 aromatic carbocycles. The van der Waals surface area contributed by atoms with Gasteiger partial charge in [0.25, 0.3) is 0 Å². The Labute approximate surface area is 114 Å². The predicted octanol–water partition coefficient (Wildman–Crippen LogP) is 2.80. The van der Waals surface area contributed by atoms with Crippen LogP contribution >= 0.6 is 0 Å². The van der Waals surface area contributed by atoms with Crippen molar-refractivity contribution in [2.75, 3.05) is 13.1 Å². The summed E-state index contributed by atoms with van der Waals surface area (Å²) in [4.78, 5) is 14.5. The number of carbonyl (C=O) groups is 1. The van der Waals surface area contributed by atoms with E-state index in [2.05, 4.69) is 36.1 Å². The van der Waals surface area contributed by atoms with Gasteiger partial charge in [-0.1, -0.05) is 32.3 Å². The first-order valence-electron chi connectivity index (χ1n) is 6.93. The molecule has 0 heterocycles. The lowest BCUT2D eigenvalue weighted by Gasteiger charge is -2.46. The van der Waals surface area contributed by atoms with Crippen molar-refractivity contribution in [3.8, 4) is 0 Å². The van der Waals surface area contributed by atoms with Crippen molar-refractivity contribution >= 4 is 5.97 Å². The molecule has 108 valence electrons. The van der Waals surface area contributed by atoms with Gasteiger partial charge >= 0.3 is 5.97 Å². The van der Waals surface area contributed by atoms with Gasteiger partial charge in [0.1, 0.15) is 5.54 Å². The molecule has 1 fully saturated rings. The van der Waals surface area contributed by atoms with E-state index in [1.807, 2.05) is 0 Å². The van der Waals surface area contributed by atoms with E-state index in [9.17, 15) is 9.90 Å². The van der Waals surface area contributed by atoms with Crippen LogP contribution < -0.4 is 5.32 Å². The van der Waals surface area contributed by atoms with Gasteiger partial charge in [-0.05, 0) is 36.1 Å². The summed E-state index contributed by atoms with van der Waals surface area (Å²) in [5.74, 6) is 0.0552. The fourth-order valence-electron chi connectivity index (χ4n) is 3.31. The molecule has 0 aromatic heterocycles. The van der Waals surface area contributed by atoms with Crippen molar-refractivity contribution in [2.45, 2.75) is 45.6 Å². The standard InChI is InChI=1S/C13H24N4O2/c1-9(2)11-5-4-10(3)8-13(11,12(18)19)15-6-7-16-17-14/h9-11,15H,4-8H2,1-3H3,(H,18,19). The highest BCUT2D eigenvalue weighted by atomic mass is 16.4. The number of hydrogen-bond donors (Lipinski definition) is 2. The number of azide groups is 1. The predicted molar refractivity (Wildman–Crippen MR) is 73.7 cm³/mol. The first-order valence-corrected chi connectivity index (χ1v) is 6.93. The van der Waals surface area contributed by atoms with Crippen molar-refractivity contribution in [3.05, 3.63) is 10.4 Å². The zero-order chi connectivity index (χ0) is 14.5. The van der Waals surface area contributed by atoms with Gasteiger partial charge in [0.2, 0.25) is 0 Å². The molecular formula is C13H24N4O2. The maximum Gasteiger partial charge on any atom is 0.324 e. The van der Waals surface area contributed by atoms with Crippen LogP contribution in [0.5, 0.6) is 0 Å². The van der Waals surface area contributed by atoms with E-state index in [4.69, 9.17) is 5.53 Å². The molecule has 0 spiro atoms. The highest BCUT2D eigenvalue weighted by Crippen LogP contribution is 2.41. The summed E-state index contributed by atoms with van der Waals surface area (Å²) >= 11 is 0. The number of nitrogens with zero attached hydrogens (tertiary/aromatic N) is 3. The normalized spacial score (nSPS) is 30.9. The van der Waals surface area contributed by atoms with Crippen molar-refractivity contribution < 1.29 is 9.90 Å². The summed E-state index contributed by atoms with van der Waals surface area (Å²) in [5, 5.41) is 16.3. The van der Waals surface area contributed by atoms with Crippen molar-refractivity contribution in [1.29, 1.82) is 0 Å². The Hall–Kier alpha value is -1.26. The van der Waals surface area contributed by atoms with E-state index in [1.165, 1.54) is 0 Å². The lowest BCUT2D eigenvalue weighted by atomic mass is 9.65. The van der Waals surface area contributed by atoms with Crippen LogP contribution in [0.25, 0.3) is 10.4 Å². The summed E-state index contributed by atoms with van der Waals surface area (Å²) in [7, 11) is 0. The third-order valence-electron chi connectivity index (χ3n) is 4.18. The van der Waals surface area contributed by atoms with Gasteiger partial charge in [0.05, 0.1) is 0 Å². The second-order valence-corrected chi connectivity index (χ2v) is 5.89. The Kier molecular flexibility index (Phi) is 5.63. The average molecular weight is 268 g/mol. The second kappa shape index (κ2) is 6.78. The molecule has 0 amide bonds. The molecule has 1 saturated carbocycles. The fraction of sp³-hybridized carbons (Fsp3) is 0.923. The van der Waals surface area contributed by atoms with Gasteiger partial charge in [-0.3, -0.25) is 4.79 Å². The number of hydrogen-bond acceptors (Lipinski definition) is 3. The molecule has 1 aliphatic rings. The molecule has 3 atom stereocenters. The van der Waals surface area contributed by atoms with E-state index in [0.29, 0.717) is 24.8 Å². The number of rotatable bonds is 6. The minimum atomic E-state index is -0.878. The molecular weight excluding hydrogens is 244 g/mol. The van der Waals surface area contributed by atoms with Crippen molar-refractivity contribution in [3.63, 3.8) is 0 Å².